The lowest BCUT2D eigenvalue weighted by atomic mass is 10.2. The van der Waals surface area contributed by atoms with Gasteiger partial charge in [0, 0.05) is 19.3 Å². The lowest BCUT2D eigenvalue weighted by Crippen LogP contribution is -2.41. The van der Waals surface area contributed by atoms with Crippen LogP contribution in [0.5, 0.6) is 0 Å². The van der Waals surface area contributed by atoms with Crippen molar-refractivity contribution in [1.29, 1.82) is 0 Å². The van der Waals surface area contributed by atoms with Crippen molar-refractivity contribution in [3.8, 4) is 0 Å². The third-order valence-corrected chi connectivity index (χ3v) is 4.55. The summed E-state index contributed by atoms with van der Waals surface area (Å²) in [7, 11) is 0. The number of nitrogens with two attached hydrogens (primary N) is 1. The Bertz CT molecular complexity index is 548. The largest absolute Gasteiger partial charge is 0.390 e. The first-order valence-corrected chi connectivity index (χ1v) is 7.56. The number of aromatic nitrogens is 1. The van der Waals surface area contributed by atoms with Crippen molar-refractivity contribution in [3.05, 3.63) is 22.8 Å². The van der Waals surface area contributed by atoms with Crippen LogP contribution in [0, 0.1) is 0 Å². The average Bonchev–Trinajstić information content (AvgIpc) is 3.07. The minimum absolute atomic E-state index is 0.126. The van der Waals surface area contributed by atoms with E-state index in [2.05, 4.69) is 9.88 Å². The molecule has 1 amide bonds. The summed E-state index contributed by atoms with van der Waals surface area (Å²) >= 11 is 6.20. The predicted octanol–water partition coefficient (Wildman–Crippen LogP) is 0.479. The molecule has 2 fully saturated rings. The fourth-order valence-electron chi connectivity index (χ4n) is 3.17. The Morgan fingerprint density at radius 3 is 2.71 bits per heavy atom. The number of carbonyl (C=O) groups excluding carboxylic acids is 1. The molecule has 0 unspecified atom stereocenters. The molecule has 21 heavy (non-hydrogen) atoms. The van der Waals surface area contributed by atoms with Crippen LogP contribution in [0.2, 0.25) is 5.02 Å². The molecule has 2 saturated heterocycles. The van der Waals surface area contributed by atoms with Crippen LogP contribution in [0.3, 0.4) is 0 Å². The lowest BCUT2D eigenvalue weighted by molar-refractivity contribution is 0.0985. The average molecular weight is 311 g/mol. The Labute approximate surface area is 128 Å². The van der Waals surface area contributed by atoms with Crippen LogP contribution in [0.4, 0.5) is 5.82 Å². The van der Waals surface area contributed by atoms with Gasteiger partial charge in [-0.2, -0.15) is 0 Å². The summed E-state index contributed by atoms with van der Waals surface area (Å²) < 4.78 is 0. The van der Waals surface area contributed by atoms with Crippen molar-refractivity contribution in [1.82, 2.24) is 9.88 Å². The SMILES string of the molecule is NC(=O)c1cnc(N2C[C@@H](O)[C@@H](N3CCCC3)C2)c(Cl)c1. The van der Waals surface area contributed by atoms with Gasteiger partial charge in [-0.1, -0.05) is 11.6 Å². The van der Waals surface area contributed by atoms with Gasteiger partial charge in [0.25, 0.3) is 0 Å². The second-order valence-electron chi connectivity index (χ2n) is 5.68. The molecule has 6 nitrogen and oxygen atoms in total. The smallest absolute Gasteiger partial charge is 0.250 e. The normalized spacial score (nSPS) is 26.5. The van der Waals surface area contributed by atoms with Crippen molar-refractivity contribution in [2.24, 2.45) is 5.73 Å². The molecule has 1 aromatic heterocycles. The Balaban J connectivity index is 1.77. The van der Waals surface area contributed by atoms with E-state index >= 15 is 0 Å². The van der Waals surface area contributed by atoms with Crippen LogP contribution in [0.15, 0.2) is 12.3 Å². The van der Waals surface area contributed by atoms with Gasteiger partial charge in [0.2, 0.25) is 5.91 Å². The Morgan fingerprint density at radius 2 is 2.10 bits per heavy atom. The molecule has 2 atom stereocenters. The number of aliphatic hydroxyl groups is 1. The second kappa shape index (κ2) is 5.79. The van der Waals surface area contributed by atoms with Crippen LogP contribution in [-0.4, -0.2) is 59.2 Å². The third-order valence-electron chi connectivity index (χ3n) is 4.27. The number of carbonyl (C=O) groups is 1. The van der Waals surface area contributed by atoms with Gasteiger partial charge in [0.1, 0.15) is 5.82 Å². The monoisotopic (exact) mass is 310 g/mol. The Kier molecular flexibility index (Phi) is 4.01. The molecule has 3 heterocycles. The first kappa shape index (κ1) is 14.6. The second-order valence-corrected chi connectivity index (χ2v) is 6.08. The highest BCUT2D eigenvalue weighted by Crippen LogP contribution is 2.29. The number of β-amino-alcohol motifs (C(OH)–C–C–N with tert-alkyl or cyclic N) is 1. The molecular formula is C14H19ClN4O2. The summed E-state index contributed by atoms with van der Waals surface area (Å²) in [5, 5.41) is 10.7. The van der Waals surface area contributed by atoms with Crippen LogP contribution in [0.25, 0.3) is 0 Å². The van der Waals surface area contributed by atoms with Gasteiger partial charge < -0.3 is 15.7 Å². The number of hydrogen-bond acceptors (Lipinski definition) is 5. The van der Waals surface area contributed by atoms with E-state index in [0.717, 1.165) is 13.1 Å². The number of pyridine rings is 1. The van der Waals surface area contributed by atoms with Crippen molar-refractivity contribution in [2.75, 3.05) is 31.1 Å². The van der Waals surface area contributed by atoms with E-state index in [9.17, 15) is 9.90 Å². The number of rotatable bonds is 3. The van der Waals surface area contributed by atoms with E-state index in [1.165, 1.54) is 25.1 Å². The molecule has 0 aliphatic carbocycles. The third kappa shape index (κ3) is 2.84. The molecule has 7 heteroatoms. The van der Waals surface area contributed by atoms with Crippen LogP contribution in [0.1, 0.15) is 23.2 Å². The zero-order valence-electron chi connectivity index (χ0n) is 11.7. The van der Waals surface area contributed by atoms with Gasteiger partial charge in [0.05, 0.1) is 22.7 Å². The zero-order chi connectivity index (χ0) is 15.0. The Morgan fingerprint density at radius 1 is 1.38 bits per heavy atom. The summed E-state index contributed by atoms with van der Waals surface area (Å²) in [5.41, 5.74) is 5.51. The van der Waals surface area contributed by atoms with Crippen molar-refractivity contribution < 1.29 is 9.90 Å². The summed E-state index contributed by atoms with van der Waals surface area (Å²) in [6, 6.07) is 1.66. The summed E-state index contributed by atoms with van der Waals surface area (Å²) in [4.78, 5) is 19.7. The maximum atomic E-state index is 11.1. The number of amides is 1. The number of hydrogen-bond donors (Lipinski definition) is 2. The van der Waals surface area contributed by atoms with Gasteiger partial charge in [-0.15, -0.1) is 0 Å². The Hall–Kier alpha value is -1.37. The van der Waals surface area contributed by atoms with E-state index in [0.29, 0.717) is 29.5 Å². The minimum Gasteiger partial charge on any atom is -0.390 e. The van der Waals surface area contributed by atoms with E-state index in [4.69, 9.17) is 17.3 Å². The van der Waals surface area contributed by atoms with E-state index in [-0.39, 0.29) is 6.04 Å². The summed E-state index contributed by atoms with van der Waals surface area (Å²) in [6.45, 7) is 3.28. The first-order chi connectivity index (χ1) is 10.1. The molecular weight excluding hydrogens is 292 g/mol. The van der Waals surface area contributed by atoms with Crippen molar-refractivity contribution in [2.45, 2.75) is 25.0 Å². The fraction of sp³-hybridized carbons (Fsp3) is 0.571. The topological polar surface area (TPSA) is 82.7 Å². The van der Waals surface area contributed by atoms with Gasteiger partial charge in [-0.05, 0) is 32.0 Å². The molecule has 3 N–H and O–H groups in total. The molecule has 2 aliphatic heterocycles. The predicted molar refractivity (Wildman–Crippen MR) is 80.6 cm³/mol. The molecule has 0 bridgehead atoms. The van der Waals surface area contributed by atoms with Gasteiger partial charge in [-0.25, -0.2) is 4.98 Å². The lowest BCUT2D eigenvalue weighted by Gasteiger charge is -2.25. The zero-order valence-corrected chi connectivity index (χ0v) is 12.5. The standard InChI is InChI=1S/C14H19ClN4O2/c15-10-5-9(13(16)21)6-17-14(10)19-7-11(12(20)8-19)18-3-1-2-4-18/h5-6,11-12,20H,1-4,7-8H2,(H2,16,21)/t11-,12+/m0/s1. The first-order valence-electron chi connectivity index (χ1n) is 7.18. The van der Waals surface area contributed by atoms with Crippen molar-refractivity contribution in [3.63, 3.8) is 0 Å². The van der Waals surface area contributed by atoms with Gasteiger partial charge in [-0.3, -0.25) is 9.69 Å². The summed E-state index contributed by atoms with van der Waals surface area (Å²) in [5.74, 6) is 0.0507. The molecule has 1 aromatic rings. The number of halogens is 1. The molecule has 0 saturated carbocycles. The molecule has 0 spiro atoms. The maximum absolute atomic E-state index is 11.1. The quantitative estimate of drug-likeness (QED) is 0.848. The fourth-order valence-corrected chi connectivity index (χ4v) is 3.46. The molecule has 114 valence electrons. The number of primary amides is 1. The number of nitrogens with zero attached hydrogens (tertiary/aromatic N) is 3. The molecule has 0 radical (unpaired) electrons. The molecule has 3 rings (SSSR count). The number of aliphatic hydroxyl groups excluding tert-OH is 1. The highest BCUT2D eigenvalue weighted by atomic mass is 35.5. The van der Waals surface area contributed by atoms with Crippen LogP contribution in [-0.2, 0) is 0 Å². The summed E-state index contributed by atoms with van der Waals surface area (Å²) in [6.07, 6.45) is 3.40. The van der Waals surface area contributed by atoms with Gasteiger partial charge >= 0.3 is 0 Å². The van der Waals surface area contributed by atoms with E-state index in [1.54, 1.807) is 0 Å². The highest BCUT2D eigenvalue weighted by Gasteiger charge is 2.37. The van der Waals surface area contributed by atoms with Crippen LogP contribution >= 0.6 is 11.6 Å². The van der Waals surface area contributed by atoms with Gasteiger partial charge in [0.15, 0.2) is 0 Å². The van der Waals surface area contributed by atoms with Crippen LogP contribution < -0.4 is 10.6 Å². The molecule has 0 aromatic carbocycles. The number of anilines is 1. The molecule has 2 aliphatic rings. The van der Waals surface area contributed by atoms with Crippen molar-refractivity contribution >= 4 is 23.3 Å². The minimum atomic E-state index is -0.549. The van der Waals surface area contributed by atoms with E-state index < -0.39 is 12.0 Å². The number of likely N-dealkylation sites (tertiary alicyclic amines) is 1. The maximum Gasteiger partial charge on any atom is 0.250 e. The highest BCUT2D eigenvalue weighted by molar-refractivity contribution is 6.33. The van der Waals surface area contributed by atoms with E-state index in [1.807, 2.05) is 4.90 Å².